The van der Waals surface area contributed by atoms with E-state index in [1.807, 2.05) is 0 Å². The van der Waals surface area contributed by atoms with E-state index >= 15 is 0 Å². The maximum atomic E-state index is 11.8. The first-order valence-electron chi connectivity index (χ1n) is 9.74. The van der Waals surface area contributed by atoms with E-state index in [1.165, 1.54) is 39.7 Å². The third-order valence-corrected chi connectivity index (χ3v) is 7.32. The van der Waals surface area contributed by atoms with E-state index in [-0.39, 0.29) is 24.5 Å². The summed E-state index contributed by atoms with van der Waals surface area (Å²) in [7, 11) is 1.40. The van der Waals surface area contributed by atoms with Crippen LogP contribution >= 0.6 is 0 Å². The summed E-state index contributed by atoms with van der Waals surface area (Å²) in [5.74, 6) is 4.51. The fourth-order valence-electron chi connectivity index (χ4n) is 6.61. The summed E-state index contributed by atoms with van der Waals surface area (Å²) < 4.78 is 10.4. The van der Waals surface area contributed by atoms with Crippen LogP contribution in [0.4, 0.5) is 0 Å². The van der Waals surface area contributed by atoms with Gasteiger partial charge in [-0.3, -0.25) is 9.59 Å². The maximum Gasteiger partial charge on any atom is 0.309 e. The van der Waals surface area contributed by atoms with Crippen LogP contribution in [0.15, 0.2) is 0 Å². The van der Waals surface area contributed by atoms with Crippen LogP contribution in [0.3, 0.4) is 0 Å². The Morgan fingerprint density at radius 2 is 1.71 bits per heavy atom. The Labute approximate surface area is 145 Å². The lowest BCUT2D eigenvalue weighted by Crippen LogP contribution is -2.38. The molecule has 0 aromatic carbocycles. The van der Waals surface area contributed by atoms with Gasteiger partial charge < -0.3 is 9.47 Å². The van der Waals surface area contributed by atoms with Crippen molar-refractivity contribution in [2.24, 2.45) is 41.4 Å². The van der Waals surface area contributed by atoms with Gasteiger partial charge in [0.15, 0.2) is 0 Å². The molecule has 2 bridgehead atoms. The molecular formula is C20H32O4. The molecule has 24 heavy (non-hydrogen) atoms. The second-order valence-corrected chi connectivity index (χ2v) is 8.21. The quantitative estimate of drug-likeness (QED) is 0.692. The van der Waals surface area contributed by atoms with E-state index < -0.39 is 0 Å². The molecule has 3 rings (SSSR count). The minimum Gasteiger partial charge on any atom is -0.469 e. The van der Waals surface area contributed by atoms with E-state index in [4.69, 9.17) is 9.47 Å². The van der Waals surface area contributed by atoms with Gasteiger partial charge >= 0.3 is 11.9 Å². The molecule has 3 aliphatic carbocycles. The van der Waals surface area contributed by atoms with Gasteiger partial charge in [-0.15, -0.1) is 0 Å². The number of hydrogen-bond donors (Lipinski definition) is 0. The van der Waals surface area contributed by atoms with E-state index in [1.54, 1.807) is 0 Å². The molecule has 8 unspecified atom stereocenters. The standard InChI is InChI=1S/C20H32O4/c1-5-12-7-13(6-2)20-16-9-14(19(12)20)8-15(16)17(24-11(3)21)10-18(22)23-4/h12-17,19-20H,5-10H2,1-4H3. The second-order valence-electron chi connectivity index (χ2n) is 8.21. The molecule has 0 heterocycles. The normalized spacial score (nSPS) is 41.1. The van der Waals surface area contributed by atoms with Crippen LogP contribution in [0.1, 0.15) is 59.3 Å². The lowest BCUT2D eigenvalue weighted by molar-refractivity contribution is -0.157. The van der Waals surface area contributed by atoms with Gasteiger partial charge in [-0.2, -0.15) is 0 Å². The molecule has 3 fully saturated rings. The lowest BCUT2D eigenvalue weighted by atomic mass is 9.69. The largest absolute Gasteiger partial charge is 0.469 e. The molecule has 136 valence electrons. The van der Waals surface area contributed by atoms with Crippen molar-refractivity contribution in [2.45, 2.75) is 65.4 Å². The second kappa shape index (κ2) is 7.05. The molecule has 0 radical (unpaired) electrons. The predicted octanol–water partition coefficient (Wildman–Crippen LogP) is 3.83. The van der Waals surface area contributed by atoms with Gasteiger partial charge in [0.05, 0.1) is 13.5 Å². The number of ether oxygens (including phenoxy) is 2. The van der Waals surface area contributed by atoms with Crippen molar-refractivity contribution >= 4 is 11.9 Å². The SMILES string of the molecule is CCC1CC(CC)C2C3CC(CC3C(CC(=O)OC)OC(C)=O)C12. The Morgan fingerprint density at radius 1 is 1.04 bits per heavy atom. The van der Waals surface area contributed by atoms with Crippen molar-refractivity contribution in [3.05, 3.63) is 0 Å². The smallest absolute Gasteiger partial charge is 0.309 e. The van der Waals surface area contributed by atoms with Crippen LogP contribution in [-0.2, 0) is 19.1 Å². The Bertz CT molecular complexity index is 488. The maximum absolute atomic E-state index is 11.8. The Balaban J connectivity index is 1.78. The van der Waals surface area contributed by atoms with Crippen molar-refractivity contribution in [2.75, 3.05) is 7.11 Å². The Kier molecular flexibility index (Phi) is 5.22. The van der Waals surface area contributed by atoms with Crippen LogP contribution in [0.2, 0.25) is 0 Å². The zero-order valence-corrected chi connectivity index (χ0v) is 15.5. The van der Waals surface area contributed by atoms with Crippen LogP contribution in [0.25, 0.3) is 0 Å². The topological polar surface area (TPSA) is 52.6 Å². The first-order valence-corrected chi connectivity index (χ1v) is 9.74. The minimum atomic E-state index is -0.302. The fraction of sp³-hybridized carbons (Fsp3) is 0.900. The van der Waals surface area contributed by atoms with Crippen molar-refractivity contribution in [1.82, 2.24) is 0 Å². The molecule has 0 aliphatic heterocycles. The summed E-state index contributed by atoms with van der Waals surface area (Å²) in [6.07, 6.45) is 6.21. The average molecular weight is 336 g/mol. The van der Waals surface area contributed by atoms with E-state index in [0.717, 1.165) is 36.0 Å². The third-order valence-electron chi connectivity index (χ3n) is 7.32. The molecular weight excluding hydrogens is 304 g/mol. The monoisotopic (exact) mass is 336 g/mol. The summed E-state index contributed by atoms with van der Waals surface area (Å²) in [6.45, 7) is 6.10. The number of methoxy groups -OCH3 is 1. The molecule has 0 aromatic heterocycles. The molecule has 8 atom stereocenters. The van der Waals surface area contributed by atoms with E-state index in [0.29, 0.717) is 11.8 Å². The zero-order valence-electron chi connectivity index (χ0n) is 15.5. The van der Waals surface area contributed by atoms with Gasteiger partial charge in [0.25, 0.3) is 0 Å². The first-order chi connectivity index (χ1) is 11.5. The highest BCUT2D eigenvalue weighted by Gasteiger charge is 2.61. The van der Waals surface area contributed by atoms with Crippen molar-refractivity contribution in [1.29, 1.82) is 0 Å². The van der Waals surface area contributed by atoms with Crippen molar-refractivity contribution < 1.29 is 19.1 Å². The molecule has 0 N–H and O–H groups in total. The van der Waals surface area contributed by atoms with Crippen molar-refractivity contribution in [3.8, 4) is 0 Å². The summed E-state index contributed by atoms with van der Waals surface area (Å²) in [5.41, 5.74) is 0. The van der Waals surface area contributed by atoms with Gasteiger partial charge in [-0.25, -0.2) is 0 Å². The highest BCUT2D eigenvalue weighted by atomic mass is 16.6. The fourth-order valence-corrected chi connectivity index (χ4v) is 6.61. The van der Waals surface area contributed by atoms with Gasteiger partial charge in [-0.05, 0) is 60.7 Å². The van der Waals surface area contributed by atoms with Gasteiger partial charge in [0, 0.05) is 6.92 Å². The lowest BCUT2D eigenvalue weighted by Gasteiger charge is -2.38. The molecule has 3 saturated carbocycles. The number of carbonyl (C=O) groups excluding carboxylic acids is 2. The Hall–Kier alpha value is -1.06. The van der Waals surface area contributed by atoms with Crippen LogP contribution < -0.4 is 0 Å². The van der Waals surface area contributed by atoms with Crippen LogP contribution in [0.5, 0.6) is 0 Å². The molecule has 0 aromatic rings. The van der Waals surface area contributed by atoms with Gasteiger partial charge in [0.1, 0.15) is 6.10 Å². The summed E-state index contributed by atoms with van der Waals surface area (Å²) >= 11 is 0. The van der Waals surface area contributed by atoms with Gasteiger partial charge in [-0.1, -0.05) is 26.7 Å². The molecule has 3 aliphatic rings. The summed E-state index contributed by atoms with van der Waals surface area (Å²) in [6, 6.07) is 0. The Morgan fingerprint density at radius 3 is 2.29 bits per heavy atom. The summed E-state index contributed by atoms with van der Waals surface area (Å²) in [4.78, 5) is 23.4. The predicted molar refractivity (Wildman–Crippen MR) is 91.1 cm³/mol. The number of hydrogen-bond acceptors (Lipinski definition) is 4. The average Bonchev–Trinajstić information content (AvgIpc) is 3.23. The molecule has 4 nitrogen and oxygen atoms in total. The van der Waals surface area contributed by atoms with Crippen LogP contribution in [0, 0.1) is 41.4 Å². The van der Waals surface area contributed by atoms with E-state index in [9.17, 15) is 9.59 Å². The molecule has 0 saturated heterocycles. The molecule has 0 amide bonds. The summed E-state index contributed by atoms with van der Waals surface area (Å²) in [5, 5.41) is 0. The number of rotatable bonds is 6. The first kappa shape index (κ1) is 17.8. The van der Waals surface area contributed by atoms with E-state index in [2.05, 4.69) is 13.8 Å². The molecule has 0 spiro atoms. The number of esters is 2. The minimum absolute atomic E-state index is 0.204. The highest BCUT2D eigenvalue weighted by molar-refractivity contribution is 5.71. The van der Waals surface area contributed by atoms with Crippen molar-refractivity contribution in [3.63, 3.8) is 0 Å². The highest BCUT2D eigenvalue weighted by Crippen LogP contribution is 2.66. The number of fused-ring (bicyclic) bond motifs is 5. The number of carbonyl (C=O) groups is 2. The zero-order chi connectivity index (χ0) is 17.4. The van der Waals surface area contributed by atoms with Gasteiger partial charge in [0.2, 0.25) is 0 Å². The third kappa shape index (κ3) is 2.97. The van der Waals surface area contributed by atoms with Crippen LogP contribution in [-0.4, -0.2) is 25.2 Å². The molecule has 4 heteroatoms.